The maximum absolute atomic E-state index is 5.65. The second-order valence-corrected chi connectivity index (χ2v) is 6.68. The van der Waals surface area contributed by atoms with Crippen molar-refractivity contribution >= 4 is 12.2 Å². The van der Waals surface area contributed by atoms with Crippen LogP contribution in [0.2, 0.25) is 0 Å². The Hall–Kier alpha value is -2.64. The van der Waals surface area contributed by atoms with Gasteiger partial charge < -0.3 is 13.9 Å². The molecule has 0 amide bonds. The molecule has 0 saturated carbocycles. The lowest BCUT2D eigenvalue weighted by atomic mass is 10.1. The number of hydrogen-bond donors (Lipinski definition) is 0. The molecule has 0 spiro atoms. The fraction of sp³-hybridized carbons (Fsp3) is 0.300. The molecule has 27 heavy (non-hydrogen) atoms. The van der Waals surface area contributed by atoms with E-state index in [4.69, 9.17) is 26.1 Å². The molecule has 6 nitrogen and oxygen atoms in total. The van der Waals surface area contributed by atoms with Crippen molar-refractivity contribution in [1.29, 1.82) is 0 Å². The lowest BCUT2D eigenvalue weighted by Crippen LogP contribution is -2.23. The van der Waals surface area contributed by atoms with Crippen LogP contribution in [0.15, 0.2) is 46.9 Å². The van der Waals surface area contributed by atoms with Gasteiger partial charge in [-0.1, -0.05) is 18.2 Å². The highest BCUT2D eigenvalue weighted by atomic mass is 32.1. The Balaban J connectivity index is 1.76. The Labute approximate surface area is 163 Å². The summed E-state index contributed by atoms with van der Waals surface area (Å²) in [4.78, 5) is 2.46. The molecule has 0 aliphatic heterocycles. The van der Waals surface area contributed by atoms with E-state index in [0.29, 0.717) is 23.9 Å². The summed E-state index contributed by atoms with van der Waals surface area (Å²) >= 11 is 5.32. The molecular weight excluding hydrogens is 362 g/mol. The van der Waals surface area contributed by atoms with Crippen molar-refractivity contribution in [2.45, 2.75) is 20.1 Å². The quantitative estimate of drug-likeness (QED) is 0.566. The van der Waals surface area contributed by atoms with E-state index >= 15 is 0 Å². The highest BCUT2D eigenvalue weighted by molar-refractivity contribution is 7.71. The van der Waals surface area contributed by atoms with Gasteiger partial charge in [-0.15, -0.1) is 5.10 Å². The molecule has 0 N–H and O–H groups in total. The molecule has 1 heterocycles. The van der Waals surface area contributed by atoms with Crippen LogP contribution in [0.25, 0.3) is 11.5 Å². The average molecular weight is 385 g/mol. The van der Waals surface area contributed by atoms with E-state index in [9.17, 15) is 0 Å². The number of rotatable bonds is 7. The van der Waals surface area contributed by atoms with Crippen molar-refractivity contribution in [3.63, 3.8) is 0 Å². The van der Waals surface area contributed by atoms with Gasteiger partial charge in [-0.05, 0) is 61.6 Å². The van der Waals surface area contributed by atoms with Crippen LogP contribution in [0.3, 0.4) is 0 Å². The van der Waals surface area contributed by atoms with Crippen molar-refractivity contribution in [3.8, 4) is 23.0 Å². The standard InChI is InChI=1S/C20H23N3O3S/c1-14-10-17(24-3)18(25-4)11-16(14)12-22(2)13-23-20(27)26-19(21-23)15-8-6-5-7-9-15/h5-11H,12-13H2,1-4H3. The second kappa shape index (κ2) is 8.37. The molecule has 142 valence electrons. The minimum atomic E-state index is 0.352. The molecule has 7 heteroatoms. The monoisotopic (exact) mass is 385 g/mol. The minimum Gasteiger partial charge on any atom is -0.493 e. The Kier molecular flexibility index (Phi) is 5.93. The topological polar surface area (TPSA) is 52.7 Å². The molecule has 0 aliphatic carbocycles. The molecule has 0 fully saturated rings. The molecule has 0 saturated heterocycles. The van der Waals surface area contributed by atoms with E-state index in [1.807, 2.05) is 49.5 Å². The summed E-state index contributed by atoms with van der Waals surface area (Å²) in [6, 6.07) is 13.7. The van der Waals surface area contributed by atoms with Gasteiger partial charge in [0.1, 0.15) is 0 Å². The van der Waals surface area contributed by atoms with Crippen LogP contribution >= 0.6 is 12.2 Å². The van der Waals surface area contributed by atoms with Crippen LogP contribution in [0.5, 0.6) is 11.5 Å². The van der Waals surface area contributed by atoms with Crippen LogP contribution in [0.4, 0.5) is 0 Å². The Morgan fingerprint density at radius 2 is 1.78 bits per heavy atom. The second-order valence-electron chi connectivity index (χ2n) is 6.33. The highest BCUT2D eigenvalue weighted by Gasteiger charge is 2.13. The number of benzene rings is 2. The summed E-state index contributed by atoms with van der Waals surface area (Å²) in [7, 11) is 5.29. The molecule has 2 aromatic carbocycles. The third kappa shape index (κ3) is 4.37. The average Bonchev–Trinajstić information content (AvgIpc) is 3.04. The number of aromatic nitrogens is 2. The Bertz CT molecular complexity index is 966. The molecule has 1 aromatic heterocycles. The zero-order valence-electron chi connectivity index (χ0n) is 15.9. The molecular formula is C20H23N3O3S. The van der Waals surface area contributed by atoms with Crippen LogP contribution in [-0.4, -0.2) is 35.9 Å². The van der Waals surface area contributed by atoms with Gasteiger partial charge in [-0.2, -0.15) is 0 Å². The van der Waals surface area contributed by atoms with Crippen molar-refractivity contribution in [2.75, 3.05) is 21.3 Å². The Morgan fingerprint density at radius 3 is 2.44 bits per heavy atom. The van der Waals surface area contributed by atoms with Gasteiger partial charge >= 0.3 is 0 Å². The zero-order valence-corrected chi connectivity index (χ0v) is 16.7. The molecule has 3 aromatic rings. The minimum absolute atomic E-state index is 0.352. The smallest absolute Gasteiger partial charge is 0.288 e. The first-order valence-electron chi connectivity index (χ1n) is 8.55. The number of hydrogen-bond acceptors (Lipinski definition) is 6. The fourth-order valence-corrected chi connectivity index (χ4v) is 3.03. The molecule has 0 atom stereocenters. The van der Waals surface area contributed by atoms with Gasteiger partial charge in [0, 0.05) is 12.1 Å². The largest absolute Gasteiger partial charge is 0.493 e. The van der Waals surface area contributed by atoms with Crippen LogP contribution in [0, 0.1) is 11.8 Å². The van der Waals surface area contributed by atoms with Crippen LogP contribution < -0.4 is 9.47 Å². The van der Waals surface area contributed by atoms with E-state index in [1.54, 1.807) is 18.9 Å². The number of aryl methyl sites for hydroxylation is 1. The first kappa shape index (κ1) is 19.1. The fourth-order valence-electron chi connectivity index (χ4n) is 2.86. The lowest BCUT2D eigenvalue weighted by Gasteiger charge is -2.19. The third-order valence-electron chi connectivity index (χ3n) is 4.28. The summed E-state index contributed by atoms with van der Waals surface area (Å²) in [5.41, 5.74) is 3.18. The molecule has 0 bridgehead atoms. The van der Waals surface area contributed by atoms with Gasteiger partial charge in [-0.25, -0.2) is 4.68 Å². The zero-order chi connectivity index (χ0) is 19.4. The van der Waals surface area contributed by atoms with Gasteiger partial charge in [-0.3, -0.25) is 4.90 Å². The lowest BCUT2D eigenvalue weighted by molar-refractivity contribution is 0.240. The van der Waals surface area contributed by atoms with Gasteiger partial charge in [0.05, 0.1) is 20.9 Å². The van der Waals surface area contributed by atoms with E-state index < -0.39 is 0 Å². The number of nitrogens with zero attached hydrogens (tertiary/aromatic N) is 3. The maximum Gasteiger partial charge on any atom is 0.288 e. The summed E-state index contributed by atoms with van der Waals surface area (Å²) in [5.74, 6) is 1.97. The highest BCUT2D eigenvalue weighted by Crippen LogP contribution is 2.30. The van der Waals surface area contributed by atoms with E-state index in [0.717, 1.165) is 28.2 Å². The number of ether oxygens (including phenoxy) is 2. The Morgan fingerprint density at radius 1 is 1.11 bits per heavy atom. The predicted molar refractivity (Wildman–Crippen MR) is 107 cm³/mol. The summed E-state index contributed by atoms with van der Waals surface area (Å²) < 4.78 is 18.1. The first-order chi connectivity index (χ1) is 13.0. The van der Waals surface area contributed by atoms with Crippen molar-refractivity contribution < 1.29 is 13.9 Å². The van der Waals surface area contributed by atoms with E-state index in [1.165, 1.54) is 0 Å². The number of methoxy groups -OCH3 is 2. The van der Waals surface area contributed by atoms with Gasteiger partial charge in [0.15, 0.2) is 11.5 Å². The molecule has 0 radical (unpaired) electrons. The van der Waals surface area contributed by atoms with E-state index in [2.05, 4.69) is 16.9 Å². The maximum atomic E-state index is 5.65. The van der Waals surface area contributed by atoms with Crippen LogP contribution in [-0.2, 0) is 13.2 Å². The first-order valence-corrected chi connectivity index (χ1v) is 8.96. The van der Waals surface area contributed by atoms with Gasteiger partial charge in [0.25, 0.3) is 4.84 Å². The van der Waals surface area contributed by atoms with Crippen LogP contribution in [0.1, 0.15) is 11.1 Å². The SMILES string of the molecule is COc1cc(C)c(CN(C)Cn2nc(-c3ccccc3)oc2=S)cc1OC. The normalized spacial score (nSPS) is 11.0. The van der Waals surface area contributed by atoms with E-state index in [-0.39, 0.29) is 0 Å². The summed E-state index contributed by atoms with van der Waals surface area (Å²) in [5, 5.41) is 4.50. The van der Waals surface area contributed by atoms with Crippen molar-refractivity contribution in [3.05, 3.63) is 58.4 Å². The molecule has 0 unspecified atom stereocenters. The summed E-state index contributed by atoms with van der Waals surface area (Å²) in [6.45, 7) is 3.28. The molecule has 3 rings (SSSR count). The van der Waals surface area contributed by atoms with Crippen molar-refractivity contribution in [2.24, 2.45) is 0 Å². The molecule has 0 aliphatic rings. The van der Waals surface area contributed by atoms with Crippen molar-refractivity contribution in [1.82, 2.24) is 14.7 Å². The summed E-state index contributed by atoms with van der Waals surface area (Å²) in [6.07, 6.45) is 0. The predicted octanol–water partition coefficient (Wildman–Crippen LogP) is 4.29. The third-order valence-corrected chi connectivity index (χ3v) is 4.58. The van der Waals surface area contributed by atoms with Gasteiger partial charge in [0.2, 0.25) is 5.89 Å².